The molecule has 2 aliphatic rings. The summed E-state index contributed by atoms with van der Waals surface area (Å²) in [5.41, 5.74) is 26.3. The van der Waals surface area contributed by atoms with Crippen LogP contribution in [-0.2, 0) is 53.6 Å². The zero-order valence-electron chi connectivity index (χ0n) is 58.8. The number of furan rings is 1. The number of ether oxygens (including phenoxy) is 1. The minimum absolute atomic E-state index is 0. The molecular weight excluding hydrogens is 1360 g/mol. The monoisotopic (exact) mass is 1450 g/mol. The van der Waals surface area contributed by atoms with Crippen molar-refractivity contribution in [2.24, 2.45) is 0 Å². The van der Waals surface area contributed by atoms with Gasteiger partial charge in [-0.3, -0.25) is 4.57 Å². The van der Waals surface area contributed by atoms with Crippen molar-refractivity contribution >= 4 is 54.8 Å². The molecule has 0 saturated carbocycles. The number of imidazole rings is 1. The van der Waals surface area contributed by atoms with Gasteiger partial charge in [-0.2, -0.15) is 18.2 Å². The van der Waals surface area contributed by atoms with Gasteiger partial charge in [0.15, 0.2) is 0 Å². The van der Waals surface area contributed by atoms with Crippen LogP contribution in [0.4, 0.5) is 0 Å². The number of aromatic nitrogens is 4. The van der Waals surface area contributed by atoms with E-state index in [4.69, 9.17) is 14.1 Å². The second-order valence-electron chi connectivity index (χ2n) is 32.8. The topological polar surface area (TPSA) is 49.0 Å². The maximum Gasteiger partial charge on any atom is 0.268 e. The van der Waals surface area contributed by atoms with E-state index in [0.29, 0.717) is 11.5 Å². The van der Waals surface area contributed by atoms with Gasteiger partial charge in [0.05, 0.1) is 16.7 Å². The Kier molecular flexibility index (Phi) is 14.8. The van der Waals surface area contributed by atoms with Gasteiger partial charge in [0.25, 0.3) is 6.33 Å². The fourth-order valence-electron chi connectivity index (χ4n) is 15.2. The van der Waals surface area contributed by atoms with Crippen molar-refractivity contribution in [3.63, 3.8) is 0 Å². The van der Waals surface area contributed by atoms with Gasteiger partial charge in [-0.15, -0.1) is 29.7 Å². The zero-order chi connectivity index (χ0) is 66.9. The predicted molar refractivity (Wildman–Crippen MR) is 398 cm³/mol. The average Bonchev–Trinajstić information content (AvgIpc) is 1.61. The number of para-hydroxylation sites is 2. The van der Waals surface area contributed by atoms with Gasteiger partial charge in [-0.25, -0.2) is 4.98 Å². The summed E-state index contributed by atoms with van der Waals surface area (Å²) in [7, 11) is 0. The fraction of sp³-hybridized carbons (Fsp3) is 0.267. The molecule has 0 N–H and O–H groups in total. The number of pyridine rings is 1. The van der Waals surface area contributed by atoms with Gasteiger partial charge in [-0.05, 0) is 194 Å². The van der Waals surface area contributed by atoms with Gasteiger partial charge in [-0.1, -0.05) is 225 Å². The van der Waals surface area contributed by atoms with Crippen molar-refractivity contribution in [1.29, 1.82) is 0 Å². The number of fused-ring (bicyclic) bond motifs is 14. The third-order valence-corrected chi connectivity index (χ3v) is 21.0. The van der Waals surface area contributed by atoms with Gasteiger partial charge in [0.1, 0.15) is 17.0 Å². The van der Waals surface area contributed by atoms with E-state index in [2.05, 4.69) is 319 Å². The molecule has 5 heterocycles. The van der Waals surface area contributed by atoms with E-state index in [9.17, 15) is 0 Å². The summed E-state index contributed by atoms with van der Waals surface area (Å²) < 4.78 is 20.5. The van der Waals surface area contributed by atoms with Crippen LogP contribution in [0.5, 0.6) is 11.5 Å². The smallest absolute Gasteiger partial charge is 0.268 e. The summed E-state index contributed by atoms with van der Waals surface area (Å²) >= 11 is 0. The zero-order valence-corrected chi connectivity index (χ0v) is 61.1. The van der Waals surface area contributed by atoms with Crippen molar-refractivity contribution < 1.29 is 34.8 Å². The van der Waals surface area contributed by atoms with Crippen molar-refractivity contribution in [2.45, 2.75) is 156 Å². The van der Waals surface area contributed by atoms with Crippen molar-refractivity contribution in [1.82, 2.24) is 14.1 Å². The second-order valence-corrected chi connectivity index (χ2v) is 32.8. The summed E-state index contributed by atoms with van der Waals surface area (Å²) in [6.45, 7) is 37.6. The minimum Gasteiger partial charge on any atom is -0.510 e. The molecule has 0 radical (unpaired) electrons. The predicted octanol–water partition coefficient (Wildman–Crippen LogP) is 23.7. The van der Waals surface area contributed by atoms with E-state index in [1.54, 1.807) is 0 Å². The standard InChI is InChI=1S/C90H84N4O2.Pt/c1-85(2,3)57-36-39-91-82(48-57)94-77-30-21-19-28-66(77)67-34-33-63(50-78(67)94)95-62-25-23-24-61(49-62)92-53-93-83-69(54-32-35-81-72(42-54)68-29-20-22-31-80(68)96-81)46-60(88(10,11)12)47-74(83)71-52-76-75(89(13,14)37-38-90(76,15)16)51-70(71)64-26-17-18-27-65(64)73-43-56(44-79(92)84(73)93)55-40-58(86(4,5)6)45-59(41-55)87(7,8)9;/h17-36,39-48,51-52H,37-38H2,1-16H3;/q-2;. The third-order valence-electron chi connectivity index (χ3n) is 21.0. The molecule has 7 heteroatoms. The summed E-state index contributed by atoms with van der Waals surface area (Å²) in [6, 6.07) is 77.7. The molecule has 0 saturated heterocycles. The molecule has 0 amide bonds. The van der Waals surface area contributed by atoms with Crippen LogP contribution in [0.3, 0.4) is 0 Å². The van der Waals surface area contributed by atoms with E-state index in [-0.39, 0.29) is 53.6 Å². The van der Waals surface area contributed by atoms with Crippen molar-refractivity contribution in [3.05, 3.63) is 246 Å². The molecule has 1 aliphatic heterocycles. The van der Waals surface area contributed by atoms with Gasteiger partial charge in [0.2, 0.25) is 0 Å². The van der Waals surface area contributed by atoms with Crippen LogP contribution in [-0.4, -0.2) is 14.1 Å². The Labute approximate surface area is 586 Å². The van der Waals surface area contributed by atoms with E-state index in [1.807, 2.05) is 18.3 Å². The first-order chi connectivity index (χ1) is 45.6. The van der Waals surface area contributed by atoms with Crippen molar-refractivity contribution in [3.8, 4) is 84.3 Å². The first-order valence-electron chi connectivity index (χ1n) is 34.3. The van der Waals surface area contributed by atoms with E-state index < -0.39 is 0 Å². The molecule has 14 aromatic rings. The second kappa shape index (κ2) is 22.5. The number of nitrogens with zero attached hydrogens (tertiary/aromatic N) is 4. The molecule has 97 heavy (non-hydrogen) atoms. The summed E-state index contributed by atoms with van der Waals surface area (Å²) in [5.74, 6) is 1.96. The number of benzene rings is 10. The van der Waals surface area contributed by atoms with E-state index in [0.717, 1.165) is 118 Å². The SMILES string of the molecule is CC(C)(C)c1cc(-c2cc3c4c(c2)n(-c2[c-]c(Oc5[c-]c6c(cc5)c5ccccc5n6-c5cc(C(C)(C)C)ccn5)ccc2)[c-][n+]4-c2c(-c4ccc5oc6ccccc6c5c4)cc(C(C)(C)C)cc2-c2cc4c(cc2-c2ccccc2-3)C(C)(C)CCC4(C)C)cc(C(C)(C)C)c1.[Pt]. The van der Waals surface area contributed by atoms with Gasteiger partial charge < -0.3 is 18.3 Å². The Morgan fingerprint density at radius 1 is 0.443 bits per heavy atom. The Morgan fingerprint density at radius 3 is 1.72 bits per heavy atom. The summed E-state index contributed by atoms with van der Waals surface area (Å²) in [5, 5.41) is 4.37. The molecule has 1 aliphatic carbocycles. The largest absolute Gasteiger partial charge is 0.510 e. The Hall–Kier alpha value is -9.09. The Bertz CT molecular complexity index is 5530. The van der Waals surface area contributed by atoms with Crippen LogP contribution in [0, 0.1) is 18.5 Å². The molecule has 10 aromatic carbocycles. The molecule has 0 fully saturated rings. The maximum absolute atomic E-state index is 7.05. The van der Waals surface area contributed by atoms with Crippen LogP contribution in [0.2, 0.25) is 0 Å². The van der Waals surface area contributed by atoms with Crippen LogP contribution in [0.15, 0.2) is 199 Å². The van der Waals surface area contributed by atoms with Crippen LogP contribution >= 0.6 is 0 Å². The molecular formula is C90H84N4O2Pt-2. The quantitative estimate of drug-likeness (QED) is 0.123. The molecule has 0 spiro atoms. The van der Waals surface area contributed by atoms with Crippen LogP contribution < -0.4 is 9.30 Å². The number of hydrogen-bond donors (Lipinski definition) is 0. The summed E-state index contributed by atoms with van der Waals surface area (Å²) in [4.78, 5) is 4.98. The van der Waals surface area contributed by atoms with E-state index >= 15 is 0 Å². The first-order valence-corrected chi connectivity index (χ1v) is 34.3. The first kappa shape index (κ1) is 63.9. The molecule has 0 bridgehead atoms. The molecule has 0 atom stereocenters. The molecule has 0 unspecified atom stereocenters. The number of rotatable bonds is 6. The molecule has 4 aromatic heterocycles. The molecule has 16 rings (SSSR count). The molecule has 6 nitrogen and oxygen atoms in total. The van der Waals surface area contributed by atoms with Gasteiger partial charge in [0, 0.05) is 55.1 Å². The van der Waals surface area contributed by atoms with Crippen LogP contribution in [0.1, 0.15) is 157 Å². The van der Waals surface area contributed by atoms with E-state index in [1.165, 1.54) is 55.6 Å². The van der Waals surface area contributed by atoms with Crippen LogP contribution in [0.25, 0.3) is 128 Å². The number of hydrogen-bond acceptors (Lipinski definition) is 3. The average molecular weight is 1450 g/mol. The van der Waals surface area contributed by atoms with Crippen molar-refractivity contribution in [2.75, 3.05) is 0 Å². The normalized spacial score (nSPS) is 14.4. The Balaban J connectivity index is 0.00000770. The maximum atomic E-state index is 7.05. The molecule has 488 valence electrons. The minimum atomic E-state index is -0.236. The third kappa shape index (κ3) is 10.8. The fourth-order valence-corrected chi connectivity index (χ4v) is 15.2. The Morgan fingerprint density at radius 2 is 1.03 bits per heavy atom. The summed E-state index contributed by atoms with van der Waals surface area (Å²) in [6.07, 6.45) is 8.33. The van der Waals surface area contributed by atoms with Gasteiger partial charge >= 0.3 is 0 Å².